The van der Waals surface area contributed by atoms with Crippen LogP contribution in [0.3, 0.4) is 0 Å². The predicted octanol–water partition coefficient (Wildman–Crippen LogP) is 2.39. The van der Waals surface area contributed by atoms with Crippen LogP contribution in [-0.4, -0.2) is 42.5 Å². The smallest absolute Gasteiger partial charge is 0.286 e. The topological polar surface area (TPSA) is 34.5 Å². The molecule has 0 aliphatic carbocycles. The van der Waals surface area contributed by atoms with Gasteiger partial charge < -0.3 is 4.74 Å². The molecular weight excluding hydrogens is 283 g/mol. The second-order valence-corrected chi connectivity index (χ2v) is 5.85. The zero-order valence-electron chi connectivity index (χ0n) is 12.8. The number of aromatic nitrogens is 1. The van der Waals surface area contributed by atoms with E-state index in [-0.39, 0.29) is 0 Å². The second-order valence-electron chi connectivity index (χ2n) is 5.85. The van der Waals surface area contributed by atoms with E-state index in [1.807, 2.05) is 12.1 Å². The van der Waals surface area contributed by atoms with Gasteiger partial charge in [-0.3, -0.25) is 9.69 Å². The number of likely N-dealkylation sites (tertiary alicyclic amines) is 1. The SMILES string of the molecule is COC[C@@H]1CCCN1CCc1cc2ccccc2c(=O)n1F. The van der Waals surface area contributed by atoms with E-state index >= 15 is 0 Å². The van der Waals surface area contributed by atoms with Gasteiger partial charge in [-0.05, 0) is 36.9 Å². The number of pyridine rings is 1. The molecule has 1 fully saturated rings. The van der Waals surface area contributed by atoms with Crippen LogP contribution in [0.2, 0.25) is 0 Å². The molecule has 0 N–H and O–H groups in total. The number of rotatable bonds is 5. The first kappa shape index (κ1) is 15.2. The monoisotopic (exact) mass is 304 g/mol. The van der Waals surface area contributed by atoms with Crippen molar-refractivity contribution in [3.63, 3.8) is 0 Å². The first-order chi connectivity index (χ1) is 10.7. The Balaban J connectivity index is 1.79. The summed E-state index contributed by atoms with van der Waals surface area (Å²) in [5, 5.41) is 1.22. The van der Waals surface area contributed by atoms with Crippen LogP contribution in [0.4, 0.5) is 4.48 Å². The average molecular weight is 304 g/mol. The number of hydrogen-bond donors (Lipinski definition) is 0. The van der Waals surface area contributed by atoms with Crippen LogP contribution in [0.15, 0.2) is 35.1 Å². The Morgan fingerprint density at radius 1 is 1.36 bits per heavy atom. The molecule has 0 amide bonds. The summed E-state index contributed by atoms with van der Waals surface area (Å²) in [6.07, 6.45) is 2.79. The van der Waals surface area contributed by atoms with E-state index in [1.165, 1.54) is 0 Å². The molecule has 2 heterocycles. The Hall–Kier alpha value is -1.72. The van der Waals surface area contributed by atoms with Gasteiger partial charge in [-0.1, -0.05) is 22.7 Å². The molecule has 0 spiro atoms. The van der Waals surface area contributed by atoms with Crippen molar-refractivity contribution in [1.82, 2.24) is 9.69 Å². The average Bonchev–Trinajstić information content (AvgIpc) is 2.97. The lowest BCUT2D eigenvalue weighted by Gasteiger charge is -2.23. The van der Waals surface area contributed by atoms with Crippen molar-refractivity contribution in [2.45, 2.75) is 25.3 Å². The first-order valence-corrected chi connectivity index (χ1v) is 7.73. The van der Waals surface area contributed by atoms with Gasteiger partial charge in [0.1, 0.15) is 0 Å². The fourth-order valence-corrected chi connectivity index (χ4v) is 3.29. The van der Waals surface area contributed by atoms with E-state index in [1.54, 1.807) is 25.3 Å². The molecule has 118 valence electrons. The molecule has 0 radical (unpaired) electrons. The van der Waals surface area contributed by atoms with Gasteiger partial charge in [-0.15, -0.1) is 4.79 Å². The number of halogens is 1. The molecule has 4 nitrogen and oxygen atoms in total. The molecule has 1 aliphatic rings. The van der Waals surface area contributed by atoms with E-state index in [4.69, 9.17) is 4.74 Å². The van der Waals surface area contributed by atoms with Crippen molar-refractivity contribution in [3.8, 4) is 0 Å². The molecule has 0 unspecified atom stereocenters. The minimum Gasteiger partial charge on any atom is -0.383 e. The fourth-order valence-electron chi connectivity index (χ4n) is 3.29. The Kier molecular flexibility index (Phi) is 4.55. The third-order valence-electron chi connectivity index (χ3n) is 4.46. The Morgan fingerprint density at radius 3 is 3.00 bits per heavy atom. The van der Waals surface area contributed by atoms with Crippen LogP contribution in [0, 0.1) is 0 Å². The maximum atomic E-state index is 14.2. The van der Waals surface area contributed by atoms with Crippen LogP contribution >= 0.6 is 0 Å². The van der Waals surface area contributed by atoms with Crippen LogP contribution in [0.1, 0.15) is 18.5 Å². The van der Waals surface area contributed by atoms with E-state index in [0.29, 0.717) is 34.9 Å². The maximum Gasteiger partial charge on any atom is 0.286 e. The normalized spacial score (nSPS) is 19.1. The van der Waals surface area contributed by atoms with Gasteiger partial charge in [0.05, 0.1) is 12.3 Å². The standard InChI is InChI=1S/C17H21FN2O2/c1-22-12-15-6-4-9-19(15)10-8-14-11-13-5-2-3-7-16(13)17(21)20(14)18/h2-3,5,7,11,15H,4,6,8-10,12H2,1H3/t15-/m0/s1. The van der Waals surface area contributed by atoms with Crippen LogP contribution in [0.25, 0.3) is 10.8 Å². The molecule has 5 heteroatoms. The highest BCUT2D eigenvalue weighted by Crippen LogP contribution is 2.19. The second kappa shape index (κ2) is 6.58. The lowest BCUT2D eigenvalue weighted by Crippen LogP contribution is -2.35. The zero-order chi connectivity index (χ0) is 15.5. The number of nitrogens with zero attached hydrogens (tertiary/aromatic N) is 2. The van der Waals surface area contributed by atoms with Crippen LogP contribution in [0.5, 0.6) is 0 Å². The summed E-state index contributed by atoms with van der Waals surface area (Å²) in [7, 11) is 1.71. The first-order valence-electron chi connectivity index (χ1n) is 7.73. The Labute approximate surface area is 129 Å². The van der Waals surface area contributed by atoms with Crippen LogP contribution < -0.4 is 5.56 Å². The number of ether oxygens (including phenoxy) is 1. The summed E-state index contributed by atoms with van der Waals surface area (Å²) in [4.78, 5) is 14.7. The minimum absolute atomic E-state index is 0.295. The third-order valence-corrected chi connectivity index (χ3v) is 4.46. The summed E-state index contributed by atoms with van der Waals surface area (Å²) in [5.41, 5.74) is -0.130. The molecular formula is C17H21FN2O2. The van der Waals surface area contributed by atoms with Crippen molar-refractivity contribution < 1.29 is 9.22 Å². The highest BCUT2D eigenvalue weighted by Gasteiger charge is 2.24. The van der Waals surface area contributed by atoms with Gasteiger partial charge in [0.15, 0.2) is 0 Å². The van der Waals surface area contributed by atoms with Crippen molar-refractivity contribution in [3.05, 3.63) is 46.4 Å². The predicted molar refractivity (Wildman–Crippen MR) is 84.9 cm³/mol. The molecule has 1 aromatic heterocycles. The molecule has 1 aromatic carbocycles. The van der Waals surface area contributed by atoms with Crippen molar-refractivity contribution in [1.29, 1.82) is 0 Å². The number of hydrogen-bond acceptors (Lipinski definition) is 3. The maximum absolute atomic E-state index is 14.2. The summed E-state index contributed by atoms with van der Waals surface area (Å²) < 4.78 is 19.4. The highest BCUT2D eigenvalue weighted by molar-refractivity contribution is 5.81. The molecule has 0 saturated carbocycles. The fraction of sp³-hybridized carbons (Fsp3) is 0.471. The molecule has 1 saturated heterocycles. The number of methoxy groups -OCH3 is 1. The quantitative estimate of drug-likeness (QED) is 0.850. The number of benzene rings is 1. The lowest BCUT2D eigenvalue weighted by molar-refractivity contribution is 0.115. The van der Waals surface area contributed by atoms with E-state index in [2.05, 4.69) is 4.90 Å². The van der Waals surface area contributed by atoms with Crippen molar-refractivity contribution in [2.75, 3.05) is 26.8 Å². The van der Waals surface area contributed by atoms with Gasteiger partial charge in [-0.25, -0.2) is 0 Å². The largest absolute Gasteiger partial charge is 0.383 e. The van der Waals surface area contributed by atoms with E-state index < -0.39 is 5.56 Å². The van der Waals surface area contributed by atoms with Gasteiger partial charge in [0.25, 0.3) is 5.56 Å². The highest BCUT2D eigenvalue weighted by atomic mass is 19.2. The number of fused-ring (bicyclic) bond motifs is 1. The van der Waals surface area contributed by atoms with E-state index in [0.717, 1.165) is 31.3 Å². The van der Waals surface area contributed by atoms with Gasteiger partial charge in [0, 0.05) is 31.5 Å². The molecule has 3 rings (SSSR count). The van der Waals surface area contributed by atoms with Gasteiger partial charge in [0.2, 0.25) is 0 Å². The van der Waals surface area contributed by atoms with Gasteiger partial charge in [-0.2, -0.15) is 0 Å². The zero-order valence-corrected chi connectivity index (χ0v) is 12.8. The molecule has 2 aromatic rings. The third kappa shape index (κ3) is 2.91. The molecule has 1 aliphatic heterocycles. The van der Waals surface area contributed by atoms with Crippen molar-refractivity contribution >= 4 is 10.8 Å². The molecule has 0 bridgehead atoms. The Morgan fingerprint density at radius 2 is 2.18 bits per heavy atom. The van der Waals surface area contributed by atoms with Crippen molar-refractivity contribution in [2.24, 2.45) is 0 Å². The Bertz CT molecular complexity index is 713. The summed E-state index contributed by atoms with van der Waals surface area (Å²) in [5.74, 6) is 0. The molecule has 22 heavy (non-hydrogen) atoms. The van der Waals surface area contributed by atoms with E-state index in [9.17, 15) is 9.28 Å². The summed E-state index contributed by atoms with van der Waals surface area (Å²) >= 11 is 0. The van der Waals surface area contributed by atoms with Gasteiger partial charge >= 0.3 is 0 Å². The van der Waals surface area contributed by atoms with Crippen LogP contribution in [-0.2, 0) is 11.2 Å². The summed E-state index contributed by atoms with van der Waals surface area (Å²) in [6.45, 7) is 2.47. The minimum atomic E-state index is -0.567. The summed E-state index contributed by atoms with van der Waals surface area (Å²) in [6, 6.07) is 9.31. The lowest BCUT2D eigenvalue weighted by atomic mass is 10.1. The molecule has 1 atom stereocenters.